The third kappa shape index (κ3) is 3.18. The van der Waals surface area contributed by atoms with Crippen molar-refractivity contribution in [2.24, 2.45) is 0 Å². The minimum atomic E-state index is -0.306. The third-order valence-electron chi connectivity index (χ3n) is 4.30. The first-order chi connectivity index (χ1) is 12.2. The summed E-state index contributed by atoms with van der Waals surface area (Å²) < 4.78 is 6.93. The van der Waals surface area contributed by atoms with Crippen LogP contribution in [0, 0.1) is 0 Å². The van der Waals surface area contributed by atoms with E-state index >= 15 is 0 Å². The molecule has 1 fully saturated rings. The van der Waals surface area contributed by atoms with Crippen molar-refractivity contribution >= 4 is 11.4 Å². The summed E-state index contributed by atoms with van der Waals surface area (Å²) in [6.45, 7) is 1.20. The van der Waals surface area contributed by atoms with E-state index in [1.165, 1.54) is 10.6 Å². The van der Waals surface area contributed by atoms with Crippen molar-refractivity contribution in [3.05, 3.63) is 58.6 Å². The van der Waals surface area contributed by atoms with Crippen molar-refractivity contribution in [3.63, 3.8) is 0 Å². The van der Waals surface area contributed by atoms with Gasteiger partial charge in [-0.1, -0.05) is 30.3 Å². The number of carbonyl (C=O) groups excluding carboxylic acids is 1. The van der Waals surface area contributed by atoms with Crippen molar-refractivity contribution < 1.29 is 9.53 Å². The van der Waals surface area contributed by atoms with Crippen LogP contribution < -0.4 is 10.9 Å². The van der Waals surface area contributed by atoms with Crippen LogP contribution in [-0.2, 0) is 4.74 Å². The number of benzene rings is 1. The molecule has 0 spiro atoms. The van der Waals surface area contributed by atoms with E-state index in [9.17, 15) is 9.59 Å². The molecule has 0 radical (unpaired) electrons. The Hall–Kier alpha value is -2.93. The molecule has 0 aliphatic carbocycles. The summed E-state index contributed by atoms with van der Waals surface area (Å²) in [6, 6.07) is 11.0. The van der Waals surface area contributed by atoms with Gasteiger partial charge in [-0.05, 0) is 18.4 Å². The molecule has 2 N–H and O–H groups in total. The monoisotopic (exact) mass is 338 g/mol. The molecule has 1 saturated heterocycles. The molecule has 1 aliphatic rings. The fraction of sp³-hybridized carbons (Fsp3) is 0.278. The summed E-state index contributed by atoms with van der Waals surface area (Å²) in [4.78, 5) is 27.4. The normalized spacial score (nSPS) is 17.0. The molecule has 0 saturated carbocycles. The SMILES string of the molecule is O=C(NCC1CCCO1)c1cc2c(=O)[nH]c(-c3ccccc3)cn2n1. The van der Waals surface area contributed by atoms with Gasteiger partial charge in [-0.15, -0.1) is 0 Å². The largest absolute Gasteiger partial charge is 0.376 e. The molecule has 3 heterocycles. The Labute approximate surface area is 143 Å². The van der Waals surface area contributed by atoms with Crippen LogP contribution >= 0.6 is 0 Å². The number of hydrogen-bond acceptors (Lipinski definition) is 4. The smallest absolute Gasteiger partial charge is 0.274 e. The highest BCUT2D eigenvalue weighted by Crippen LogP contribution is 2.15. The summed E-state index contributed by atoms with van der Waals surface area (Å²) in [6.07, 6.45) is 3.75. The number of amides is 1. The van der Waals surface area contributed by atoms with Crippen LogP contribution in [0.5, 0.6) is 0 Å². The van der Waals surface area contributed by atoms with Crippen LogP contribution in [0.15, 0.2) is 47.4 Å². The fourth-order valence-corrected chi connectivity index (χ4v) is 2.98. The van der Waals surface area contributed by atoms with Gasteiger partial charge in [0.25, 0.3) is 11.5 Å². The topological polar surface area (TPSA) is 88.5 Å². The number of fused-ring (bicyclic) bond motifs is 1. The second-order valence-electron chi connectivity index (χ2n) is 6.07. The zero-order valence-electron chi connectivity index (χ0n) is 13.6. The first kappa shape index (κ1) is 15.6. The molecule has 7 heteroatoms. The second kappa shape index (κ2) is 6.52. The molecule has 7 nitrogen and oxygen atoms in total. The Morgan fingerprint density at radius 2 is 2.20 bits per heavy atom. The lowest BCUT2D eigenvalue weighted by molar-refractivity contribution is 0.0853. The molecule has 1 atom stereocenters. The van der Waals surface area contributed by atoms with Crippen LogP contribution in [0.1, 0.15) is 23.3 Å². The number of nitrogens with one attached hydrogen (secondary N) is 2. The van der Waals surface area contributed by atoms with Crippen LogP contribution in [0.2, 0.25) is 0 Å². The maximum Gasteiger partial charge on any atom is 0.274 e. The van der Waals surface area contributed by atoms with Gasteiger partial charge < -0.3 is 15.0 Å². The summed E-state index contributed by atoms with van der Waals surface area (Å²) in [5.74, 6) is -0.306. The number of nitrogens with zero attached hydrogens (tertiary/aromatic N) is 2. The molecule has 1 aliphatic heterocycles. The zero-order chi connectivity index (χ0) is 17.2. The van der Waals surface area contributed by atoms with Crippen LogP contribution in [0.3, 0.4) is 0 Å². The predicted octanol–water partition coefficient (Wildman–Crippen LogP) is 1.60. The highest BCUT2D eigenvalue weighted by atomic mass is 16.5. The Balaban J connectivity index is 1.60. The predicted molar refractivity (Wildman–Crippen MR) is 92.6 cm³/mol. The lowest BCUT2D eigenvalue weighted by Crippen LogP contribution is -2.32. The maximum absolute atomic E-state index is 12.3. The Morgan fingerprint density at radius 1 is 1.36 bits per heavy atom. The molecule has 4 rings (SSSR count). The zero-order valence-corrected chi connectivity index (χ0v) is 13.6. The molecule has 1 amide bonds. The molecule has 0 bridgehead atoms. The van der Waals surface area contributed by atoms with E-state index in [2.05, 4.69) is 15.4 Å². The molecule has 128 valence electrons. The van der Waals surface area contributed by atoms with E-state index in [1.54, 1.807) is 6.20 Å². The van der Waals surface area contributed by atoms with Crippen molar-refractivity contribution in [3.8, 4) is 11.3 Å². The average Bonchev–Trinajstić information content (AvgIpc) is 3.30. The van der Waals surface area contributed by atoms with Crippen LogP contribution in [0.25, 0.3) is 16.8 Å². The molecular formula is C18H18N4O3. The summed E-state index contributed by atoms with van der Waals surface area (Å²) >= 11 is 0. The summed E-state index contributed by atoms with van der Waals surface area (Å²) in [7, 11) is 0. The number of ether oxygens (including phenoxy) is 1. The summed E-state index contributed by atoms with van der Waals surface area (Å²) in [5, 5.41) is 7.06. The van der Waals surface area contributed by atoms with E-state index in [0.717, 1.165) is 25.0 Å². The number of hydrogen-bond donors (Lipinski definition) is 2. The molecule has 1 unspecified atom stereocenters. The van der Waals surface area contributed by atoms with Gasteiger partial charge in [0.1, 0.15) is 5.52 Å². The standard InChI is InChI=1S/C18H18N4O3/c23-17(19-10-13-7-4-8-25-13)14-9-16-18(24)20-15(11-22(16)21-14)12-5-2-1-3-6-12/h1-3,5-6,9,11,13H,4,7-8,10H2,(H,19,23)(H,20,24). The van der Waals surface area contributed by atoms with Gasteiger partial charge in [0.2, 0.25) is 0 Å². The van der Waals surface area contributed by atoms with Crippen LogP contribution in [0.4, 0.5) is 0 Å². The van der Waals surface area contributed by atoms with Gasteiger partial charge in [-0.2, -0.15) is 5.10 Å². The van der Waals surface area contributed by atoms with E-state index in [0.29, 0.717) is 17.8 Å². The van der Waals surface area contributed by atoms with E-state index in [1.807, 2.05) is 30.3 Å². The van der Waals surface area contributed by atoms with Crippen molar-refractivity contribution in [2.75, 3.05) is 13.2 Å². The van der Waals surface area contributed by atoms with Gasteiger partial charge in [0.15, 0.2) is 5.69 Å². The molecule has 2 aromatic heterocycles. The number of aromatic nitrogens is 3. The number of rotatable bonds is 4. The van der Waals surface area contributed by atoms with E-state index in [4.69, 9.17) is 4.74 Å². The first-order valence-corrected chi connectivity index (χ1v) is 8.28. The Kier molecular flexibility index (Phi) is 4.07. The minimum Gasteiger partial charge on any atom is -0.376 e. The Morgan fingerprint density at radius 3 is 2.96 bits per heavy atom. The number of H-pyrrole nitrogens is 1. The van der Waals surface area contributed by atoms with Crippen LogP contribution in [-0.4, -0.2) is 39.8 Å². The van der Waals surface area contributed by atoms with Crippen molar-refractivity contribution in [1.82, 2.24) is 19.9 Å². The molecule has 1 aromatic carbocycles. The van der Waals surface area contributed by atoms with Gasteiger partial charge >= 0.3 is 0 Å². The van der Waals surface area contributed by atoms with E-state index < -0.39 is 0 Å². The number of aromatic amines is 1. The van der Waals surface area contributed by atoms with Gasteiger partial charge in [-0.3, -0.25) is 9.59 Å². The summed E-state index contributed by atoms with van der Waals surface area (Å²) in [5.41, 5.74) is 1.79. The minimum absolute atomic E-state index is 0.0640. The maximum atomic E-state index is 12.3. The molecular weight excluding hydrogens is 320 g/mol. The lowest BCUT2D eigenvalue weighted by Gasteiger charge is -2.09. The quantitative estimate of drug-likeness (QED) is 0.756. The lowest BCUT2D eigenvalue weighted by atomic mass is 10.2. The average molecular weight is 338 g/mol. The van der Waals surface area contributed by atoms with Crippen molar-refractivity contribution in [2.45, 2.75) is 18.9 Å². The second-order valence-corrected chi connectivity index (χ2v) is 6.07. The highest BCUT2D eigenvalue weighted by molar-refractivity contribution is 5.93. The Bertz CT molecular complexity index is 955. The van der Waals surface area contributed by atoms with Crippen molar-refractivity contribution in [1.29, 1.82) is 0 Å². The number of carbonyl (C=O) groups is 1. The van der Waals surface area contributed by atoms with Gasteiger partial charge in [0.05, 0.1) is 18.0 Å². The van der Waals surface area contributed by atoms with Gasteiger partial charge in [0, 0.05) is 19.2 Å². The molecule has 25 heavy (non-hydrogen) atoms. The fourth-order valence-electron chi connectivity index (χ4n) is 2.98. The molecule has 3 aromatic rings. The van der Waals surface area contributed by atoms with E-state index in [-0.39, 0.29) is 23.3 Å². The third-order valence-corrected chi connectivity index (χ3v) is 4.30. The van der Waals surface area contributed by atoms with Gasteiger partial charge in [-0.25, -0.2) is 4.52 Å². The highest BCUT2D eigenvalue weighted by Gasteiger charge is 2.18. The first-order valence-electron chi connectivity index (χ1n) is 8.28.